The van der Waals surface area contributed by atoms with Gasteiger partial charge in [-0.25, -0.2) is 17.6 Å². The summed E-state index contributed by atoms with van der Waals surface area (Å²) in [6.07, 6.45) is -0.300. The van der Waals surface area contributed by atoms with Crippen LogP contribution in [0.3, 0.4) is 0 Å². The van der Waals surface area contributed by atoms with Crippen molar-refractivity contribution >= 4 is 11.9 Å². The highest BCUT2D eigenvalue weighted by atomic mass is 19.3. The van der Waals surface area contributed by atoms with E-state index in [2.05, 4.69) is 4.99 Å². The third-order valence-corrected chi connectivity index (χ3v) is 4.64. The molecule has 0 saturated heterocycles. The molecule has 0 unspecified atom stereocenters. The van der Waals surface area contributed by atoms with Crippen LogP contribution >= 0.6 is 0 Å². The van der Waals surface area contributed by atoms with E-state index in [-0.39, 0.29) is 75.4 Å². The van der Waals surface area contributed by atoms with Crippen LogP contribution in [0.25, 0.3) is 0 Å². The first kappa shape index (κ1) is 17.8. The Labute approximate surface area is 132 Å². The predicted octanol–water partition coefficient (Wildman–Crippen LogP) is 2.65. The summed E-state index contributed by atoms with van der Waals surface area (Å²) in [6, 6.07) is -0.635. The summed E-state index contributed by atoms with van der Waals surface area (Å²) >= 11 is 0. The van der Waals surface area contributed by atoms with Crippen LogP contribution in [-0.2, 0) is 0 Å². The second kappa shape index (κ2) is 6.52. The van der Waals surface area contributed by atoms with Crippen molar-refractivity contribution in [1.29, 1.82) is 5.41 Å². The summed E-state index contributed by atoms with van der Waals surface area (Å²) in [5, 5.41) is 8.05. The zero-order valence-corrected chi connectivity index (χ0v) is 12.9. The van der Waals surface area contributed by atoms with Gasteiger partial charge in [-0.3, -0.25) is 5.41 Å². The fraction of sp³-hybridized carbons (Fsp3) is 0.857. The summed E-state index contributed by atoms with van der Waals surface area (Å²) in [6.45, 7) is 0. The molecule has 9 heteroatoms. The molecule has 0 heterocycles. The van der Waals surface area contributed by atoms with E-state index in [1.54, 1.807) is 4.90 Å². The van der Waals surface area contributed by atoms with Gasteiger partial charge in [0.1, 0.15) is 0 Å². The molecule has 2 fully saturated rings. The van der Waals surface area contributed by atoms with Gasteiger partial charge in [0, 0.05) is 37.8 Å². The van der Waals surface area contributed by atoms with Crippen molar-refractivity contribution in [2.75, 3.05) is 0 Å². The Hall–Kier alpha value is -1.54. The van der Waals surface area contributed by atoms with E-state index in [1.807, 2.05) is 0 Å². The molecule has 0 aromatic carbocycles. The average molecular weight is 337 g/mol. The number of nitrogens with one attached hydrogen (secondary N) is 1. The second-order valence-electron chi connectivity index (χ2n) is 6.44. The van der Waals surface area contributed by atoms with Gasteiger partial charge in [0.05, 0.1) is 0 Å². The minimum Gasteiger partial charge on any atom is -0.370 e. The number of nitrogens with zero attached hydrogens (tertiary/aromatic N) is 2. The molecule has 5 nitrogen and oxygen atoms in total. The van der Waals surface area contributed by atoms with Crippen molar-refractivity contribution in [3.05, 3.63) is 0 Å². The zero-order chi connectivity index (χ0) is 17.3. The highest BCUT2D eigenvalue weighted by molar-refractivity contribution is 5.92. The third kappa shape index (κ3) is 4.71. The van der Waals surface area contributed by atoms with Gasteiger partial charge in [0.15, 0.2) is 5.96 Å². The number of aliphatic imine (C=N–C) groups is 1. The molecule has 5 N–H and O–H groups in total. The quantitative estimate of drug-likeness (QED) is 0.411. The van der Waals surface area contributed by atoms with Crippen LogP contribution in [0.1, 0.15) is 51.4 Å². The van der Waals surface area contributed by atoms with Crippen LogP contribution in [0.4, 0.5) is 17.6 Å². The summed E-state index contributed by atoms with van der Waals surface area (Å²) < 4.78 is 53.4. The van der Waals surface area contributed by atoms with Gasteiger partial charge in [0.2, 0.25) is 17.8 Å². The molecular formula is C14H23F4N5. The lowest BCUT2D eigenvalue weighted by Gasteiger charge is -2.44. The number of hydrogen-bond donors (Lipinski definition) is 3. The molecule has 132 valence electrons. The van der Waals surface area contributed by atoms with E-state index in [9.17, 15) is 17.6 Å². The maximum absolute atomic E-state index is 13.4. The third-order valence-electron chi connectivity index (χ3n) is 4.64. The van der Waals surface area contributed by atoms with Crippen molar-refractivity contribution in [1.82, 2.24) is 4.90 Å². The summed E-state index contributed by atoms with van der Waals surface area (Å²) in [4.78, 5) is 5.28. The molecule has 0 aromatic heterocycles. The molecule has 23 heavy (non-hydrogen) atoms. The molecule has 2 rings (SSSR count). The fourth-order valence-electron chi connectivity index (χ4n) is 3.43. The Kier molecular flexibility index (Phi) is 5.05. The predicted molar refractivity (Wildman–Crippen MR) is 79.8 cm³/mol. The van der Waals surface area contributed by atoms with Crippen molar-refractivity contribution < 1.29 is 17.6 Å². The lowest BCUT2D eigenvalue weighted by Crippen LogP contribution is -2.51. The molecule has 0 bridgehead atoms. The SMILES string of the molecule is N=C(N=C(N)N)N(C1CCC(F)(F)CC1)C1CCC(F)(F)CC1. The standard InChI is InChI=1S/C14H23F4N5/c15-13(16)5-1-9(2-6-13)23(12(21)22-11(19)20)10-3-7-14(17,18)8-4-10/h9-10H,1-8H2,(H5,19,20,21,22). The van der Waals surface area contributed by atoms with Gasteiger partial charge in [-0.05, 0) is 25.7 Å². The van der Waals surface area contributed by atoms with Crippen LogP contribution < -0.4 is 11.5 Å². The molecule has 0 aliphatic heterocycles. The Bertz CT molecular complexity index is 428. The van der Waals surface area contributed by atoms with Crippen LogP contribution in [0.2, 0.25) is 0 Å². The van der Waals surface area contributed by atoms with Crippen LogP contribution in [0.15, 0.2) is 4.99 Å². The zero-order valence-electron chi connectivity index (χ0n) is 12.9. The van der Waals surface area contributed by atoms with E-state index in [4.69, 9.17) is 16.9 Å². The van der Waals surface area contributed by atoms with Gasteiger partial charge in [-0.1, -0.05) is 0 Å². The lowest BCUT2D eigenvalue weighted by atomic mass is 9.86. The Morgan fingerprint density at radius 2 is 1.22 bits per heavy atom. The van der Waals surface area contributed by atoms with E-state index >= 15 is 0 Å². The van der Waals surface area contributed by atoms with Gasteiger partial charge >= 0.3 is 0 Å². The van der Waals surface area contributed by atoms with E-state index in [0.717, 1.165) is 0 Å². The molecule has 2 saturated carbocycles. The fourth-order valence-corrected chi connectivity index (χ4v) is 3.43. The molecule has 0 amide bonds. The van der Waals surface area contributed by atoms with Crippen LogP contribution in [0.5, 0.6) is 0 Å². The molecule has 0 aromatic rings. The number of nitrogens with two attached hydrogens (primary N) is 2. The Morgan fingerprint density at radius 3 is 1.52 bits per heavy atom. The van der Waals surface area contributed by atoms with Crippen LogP contribution in [0, 0.1) is 5.41 Å². The average Bonchev–Trinajstić information content (AvgIpc) is 2.42. The minimum absolute atomic E-state index is 0.197. The first-order valence-electron chi connectivity index (χ1n) is 7.82. The minimum atomic E-state index is -2.69. The lowest BCUT2D eigenvalue weighted by molar-refractivity contribution is -0.0667. The molecular weight excluding hydrogens is 314 g/mol. The highest BCUT2D eigenvalue weighted by Crippen LogP contribution is 2.40. The largest absolute Gasteiger partial charge is 0.370 e. The van der Waals surface area contributed by atoms with Gasteiger partial charge in [0.25, 0.3) is 0 Å². The molecule has 0 spiro atoms. The summed E-state index contributed by atoms with van der Waals surface area (Å²) in [5.74, 6) is -5.92. The molecule has 2 aliphatic rings. The smallest absolute Gasteiger partial charge is 0.248 e. The Morgan fingerprint density at radius 1 is 0.870 bits per heavy atom. The molecule has 0 atom stereocenters. The number of rotatable bonds is 2. The van der Waals surface area contributed by atoms with E-state index in [0.29, 0.717) is 0 Å². The van der Waals surface area contributed by atoms with E-state index in [1.165, 1.54) is 0 Å². The van der Waals surface area contributed by atoms with Gasteiger partial charge in [-0.15, -0.1) is 0 Å². The van der Waals surface area contributed by atoms with Crippen molar-refractivity contribution in [3.63, 3.8) is 0 Å². The first-order chi connectivity index (χ1) is 10.6. The number of guanidine groups is 2. The van der Waals surface area contributed by atoms with Crippen LogP contribution in [-0.4, -0.2) is 40.7 Å². The van der Waals surface area contributed by atoms with Crippen molar-refractivity contribution in [2.24, 2.45) is 16.5 Å². The number of hydrogen-bond acceptors (Lipinski definition) is 1. The number of alkyl halides is 4. The number of halogens is 4. The first-order valence-corrected chi connectivity index (χ1v) is 7.82. The van der Waals surface area contributed by atoms with Gasteiger partial charge in [-0.2, -0.15) is 4.99 Å². The second-order valence-corrected chi connectivity index (χ2v) is 6.44. The molecule has 0 radical (unpaired) electrons. The highest BCUT2D eigenvalue weighted by Gasteiger charge is 2.42. The maximum atomic E-state index is 13.4. The van der Waals surface area contributed by atoms with Crippen molar-refractivity contribution in [3.8, 4) is 0 Å². The summed E-state index contributed by atoms with van der Waals surface area (Å²) in [5.41, 5.74) is 10.6. The topological polar surface area (TPSA) is 91.5 Å². The van der Waals surface area contributed by atoms with E-state index < -0.39 is 11.8 Å². The summed E-state index contributed by atoms with van der Waals surface area (Å²) in [7, 11) is 0. The van der Waals surface area contributed by atoms with Gasteiger partial charge < -0.3 is 16.4 Å². The van der Waals surface area contributed by atoms with Crippen molar-refractivity contribution in [2.45, 2.75) is 75.3 Å². The normalized spacial score (nSPS) is 24.9. The molecule has 2 aliphatic carbocycles. The maximum Gasteiger partial charge on any atom is 0.248 e. The Balaban J connectivity index is 2.13. The monoisotopic (exact) mass is 337 g/mol.